The van der Waals surface area contributed by atoms with Gasteiger partial charge in [0.05, 0.1) is 23.5 Å². The molecule has 2 heterocycles. The highest BCUT2D eigenvalue weighted by Crippen LogP contribution is 2.34. The molecule has 122 valence electrons. The van der Waals surface area contributed by atoms with Crippen LogP contribution < -0.4 is 4.74 Å². The summed E-state index contributed by atoms with van der Waals surface area (Å²) < 4.78 is 6.07. The molecular weight excluding hydrogens is 300 g/mol. The molecule has 0 spiro atoms. The lowest BCUT2D eigenvalue weighted by Gasteiger charge is -2.24. The summed E-state index contributed by atoms with van der Waals surface area (Å²) in [5.41, 5.74) is 4.32. The van der Waals surface area contributed by atoms with Gasteiger partial charge >= 0.3 is 0 Å². The maximum absolute atomic E-state index is 9.30. The largest absolute Gasteiger partial charge is 0.487 e. The number of aryl methyl sites for hydroxylation is 1. The molecule has 0 bridgehead atoms. The number of nitriles is 1. The molecule has 5 nitrogen and oxygen atoms in total. The minimum atomic E-state index is -0.0753. The van der Waals surface area contributed by atoms with Crippen LogP contribution in [-0.2, 0) is 12.0 Å². The van der Waals surface area contributed by atoms with Gasteiger partial charge in [0.2, 0.25) is 0 Å². The average Bonchev–Trinajstić information content (AvgIpc) is 2.96. The number of fused-ring (bicyclic) bond motifs is 1. The molecule has 5 heteroatoms. The highest BCUT2D eigenvalue weighted by Gasteiger charge is 2.21. The summed E-state index contributed by atoms with van der Waals surface area (Å²) in [5, 5.41) is 17.5. The van der Waals surface area contributed by atoms with Gasteiger partial charge in [-0.2, -0.15) is 10.4 Å². The first-order valence-corrected chi connectivity index (χ1v) is 7.85. The summed E-state index contributed by atoms with van der Waals surface area (Å²) in [6.07, 6.45) is 3.46. The number of hydrogen-bond acceptors (Lipinski definition) is 4. The Morgan fingerprint density at radius 1 is 1.29 bits per heavy atom. The molecule has 0 fully saturated rings. The number of H-pyrrole nitrogens is 1. The molecule has 24 heavy (non-hydrogen) atoms. The fourth-order valence-corrected chi connectivity index (χ4v) is 2.69. The third-order valence-corrected chi connectivity index (χ3v) is 4.06. The molecule has 3 rings (SSSR count). The summed E-state index contributed by atoms with van der Waals surface area (Å²) in [4.78, 5) is 4.06. The summed E-state index contributed by atoms with van der Waals surface area (Å²) in [7, 11) is 0. The number of benzene rings is 1. The number of ether oxygens (including phenoxy) is 1. The molecule has 0 saturated carbocycles. The first-order valence-electron chi connectivity index (χ1n) is 7.85. The number of pyridine rings is 1. The fraction of sp³-hybridized carbons (Fsp3) is 0.316. The number of nitrogens with zero attached hydrogens (tertiary/aromatic N) is 3. The van der Waals surface area contributed by atoms with Gasteiger partial charge in [0, 0.05) is 11.6 Å². The SMILES string of the molecule is Cc1cc(C(C)(C)C)c(OCc2[nH]nc3cnccc23)cc1C#N. The number of hydrogen-bond donors (Lipinski definition) is 1. The van der Waals surface area contributed by atoms with Crippen molar-refractivity contribution < 1.29 is 4.74 Å². The Kier molecular flexibility index (Phi) is 3.98. The molecule has 3 aromatic rings. The van der Waals surface area contributed by atoms with Crippen molar-refractivity contribution >= 4 is 10.9 Å². The first-order chi connectivity index (χ1) is 11.4. The number of rotatable bonds is 3. The smallest absolute Gasteiger partial charge is 0.130 e. The number of aromatic amines is 1. The van der Waals surface area contributed by atoms with Gasteiger partial charge in [-0.1, -0.05) is 26.8 Å². The van der Waals surface area contributed by atoms with E-state index in [0.29, 0.717) is 12.2 Å². The second kappa shape index (κ2) is 5.97. The summed E-state index contributed by atoms with van der Waals surface area (Å²) >= 11 is 0. The fourth-order valence-electron chi connectivity index (χ4n) is 2.69. The maximum Gasteiger partial charge on any atom is 0.130 e. The van der Waals surface area contributed by atoms with E-state index in [1.807, 2.05) is 25.1 Å². The van der Waals surface area contributed by atoms with Gasteiger partial charge in [0.15, 0.2) is 0 Å². The molecule has 0 aliphatic rings. The lowest BCUT2D eigenvalue weighted by atomic mass is 9.84. The van der Waals surface area contributed by atoms with Crippen molar-refractivity contribution in [2.45, 2.75) is 39.7 Å². The number of aromatic nitrogens is 3. The van der Waals surface area contributed by atoms with Gasteiger partial charge in [0.1, 0.15) is 17.9 Å². The van der Waals surface area contributed by atoms with Crippen molar-refractivity contribution in [3.8, 4) is 11.8 Å². The molecule has 0 aliphatic heterocycles. The average molecular weight is 320 g/mol. The van der Waals surface area contributed by atoms with Gasteiger partial charge in [0.25, 0.3) is 0 Å². The van der Waals surface area contributed by atoms with E-state index in [2.05, 4.69) is 42.0 Å². The Labute approximate surface area is 141 Å². The topological polar surface area (TPSA) is 74.6 Å². The van der Waals surface area contributed by atoms with E-state index in [0.717, 1.165) is 33.5 Å². The number of nitrogens with one attached hydrogen (secondary N) is 1. The van der Waals surface area contributed by atoms with Crippen LogP contribution >= 0.6 is 0 Å². The van der Waals surface area contributed by atoms with E-state index in [4.69, 9.17) is 4.74 Å². The quantitative estimate of drug-likeness (QED) is 0.791. The summed E-state index contributed by atoms with van der Waals surface area (Å²) in [6.45, 7) is 8.72. The van der Waals surface area contributed by atoms with Crippen LogP contribution in [-0.4, -0.2) is 15.2 Å². The van der Waals surface area contributed by atoms with E-state index >= 15 is 0 Å². The van der Waals surface area contributed by atoms with E-state index in [1.54, 1.807) is 12.4 Å². The highest BCUT2D eigenvalue weighted by molar-refractivity contribution is 5.80. The van der Waals surface area contributed by atoms with Crippen molar-refractivity contribution in [3.63, 3.8) is 0 Å². The summed E-state index contributed by atoms with van der Waals surface area (Å²) in [5.74, 6) is 0.737. The third kappa shape index (κ3) is 2.95. The van der Waals surface area contributed by atoms with Gasteiger partial charge in [-0.15, -0.1) is 0 Å². The van der Waals surface area contributed by atoms with E-state index in [-0.39, 0.29) is 5.41 Å². The molecule has 2 aromatic heterocycles. The third-order valence-electron chi connectivity index (χ3n) is 4.06. The Morgan fingerprint density at radius 3 is 2.79 bits per heavy atom. The molecular formula is C19H20N4O. The lowest BCUT2D eigenvalue weighted by molar-refractivity contribution is 0.294. The van der Waals surface area contributed by atoms with Crippen LogP contribution in [0.15, 0.2) is 30.6 Å². The summed E-state index contributed by atoms with van der Waals surface area (Å²) in [6, 6.07) is 8.02. The van der Waals surface area contributed by atoms with Crippen molar-refractivity contribution in [1.82, 2.24) is 15.2 Å². The standard InChI is InChI=1S/C19H20N4O/c1-12-7-15(19(2,3)4)18(8-13(12)9-20)24-11-17-14-5-6-21-10-16(14)22-23-17/h5-8,10H,11H2,1-4H3,(H,22,23). The predicted octanol–water partition coefficient (Wildman–Crippen LogP) is 4.01. The van der Waals surface area contributed by atoms with Crippen molar-refractivity contribution in [1.29, 1.82) is 5.26 Å². The molecule has 0 unspecified atom stereocenters. The minimum Gasteiger partial charge on any atom is -0.487 e. The Hall–Kier alpha value is -2.87. The van der Waals surface area contributed by atoms with Crippen LogP contribution in [0.1, 0.15) is 43.2 Å². The van der Waals surface area contributed by atoms with Crippen LogP contribution in [0.3, 0.4) is 0 Å². The Balaban J connectivity index is 1.96. The Morgan fingerprint density at radius 2 is 2.08 bits per heavy atom. The molecule has 1 aromatic carbocycles. The lowest BCUT2D eigenvalue weighted by Crippen LogP contribution is -2.14. The molecule has 0 saturated heterocycles. The van der Waals surface area contributed by atoms with E-state index in [1.165, 1.54) is 0 Å². The van der Waals surface area contributed by atoms with Crippen LogP contribution in [0.5, 0.6) is 5.75 Å². The monoisotopic (exact) mass is 320 g/mol. The molecule has 0 radical (unpaired) electrons. The second-order valence-corrected chi connectivity index (χ2v) is 6.91. The van der Waals surface area contributed by atoms with Gasteiger partial charge < -0.3 is 4.74 Å². The predicted molar refractivity (Wildman–Crippen MR) is 92.8 cm³/mol. The molecule has 0 atom stereocenters. The van der Waals surface area contributed by atoms with Gasteiger partial charge in [-0.3, -0.25) is 10.1 Å². The Bertz CT molecular complexity index is 929. The van der Waals surface area contributed by atoms with Crippen LogP contribution in [0.25, 0.3) is 10.9 Å². The zero-order valence-electron chi connectivity index (χ0n) is 14.3. The highest BCUT2D eigenvalue weighted by atomic mass is 16.5. The molecule has 1 N–H and O–H groups in total. The van der Waals surface area contributed by atoms with E-state index < -0.39 is 0 Å². The molecule has 0 aliphatic carbocycles. The van der Waals surface area contributed by atoms with Crippen LogP contribution in [0.2, 0.25) is 0 Å². The van der Waals surface area contributed by atoms with Crippen LogP contribution in [0, 0.1) is 18.3 Å². The minimum absolute atomic E-state index is 0.0753. The second-order valence-electron chi connectivity index (χ2n) is 6.91. The first kappa shape index (κ1) is 16.0. The zero-order chi connectivity index (χ0) is 17.3. The van der Waals surface area contributed by atoms with Crippen molar-refractivity contribution in [2.24, 2.45) is 0 Å². The zero-order valence-corrected chi connectivity index (χ0v) is 14.3. The maximum atomic E-state index is 9.30. The van der Waals surface area contributed by atoms with Crippen molar-refractivity contribution in [3.05, 3.63) is 53.0 Å². The van der Waals surface area contributed by atoms with Gasteiger partial charge in [-0.25, -0.2) is 0 Å². The van der Waals surface area contributed by atoms with Crippen molar-refractivity contribution in [2.75, 3.05) is 0 Å². The normalized spacial score (nSPS) is 11.5. The van der Waals surface area contributed by atoms with E-state index in [9.17, 15) is 5.26 Å². The van der Waals surface area contributed by atoms with Crippen LogP contribution in [0.4, 0.5) is 0 Å². The molecule has 0 amide bonds. The van der Waals surface area contributed by atoms with Gasteiger partial charge in [-0.05, 0) is 35.6 Å².